The van der Waals surface area contributed by atoms with Crippen molar-refractivity contribution >= 4 is 5.97 Å². The molecule has 0 spiro atoms. The first-order valence-electron chi connectivity index (χ1n) is 4.99. The SMILES string of the molecule is O=C(O)CCc1nc(=O)[nH]c2c1CCC2. The third kappa shape index (κ3) is 2.06. The molecule has 0 aliphatic heterocycles. The molecule has 0 saturated heterocycles. The van der Waals surface area contributed by atoms with Gasteiger partial charge in [-0.3, -0.25) is 4.79 Å². The number of hydrogen-bond donors (Lipinski definition) is 2. The largest absolute Gasteiger partial charge is 0.481 e. The quantitative estimate of drug-likeness (QED) is 0.747. The van der Waals surface area contributed by atoms with E-state index in [2.05, 4.69) is 9.97 Å². The molecule has 80 valence electrons. The molecule has 0 amide bonds. The van der Waals surface area contributed by atoms with Crippen LogP contribution in [-0.2, 0) is 24.1 Å². The Bertz CT molecular complexity index is 450. The standard InChI is InChI=1S/C10H12N2O3/c13-9(14)5-4-8-6-2-1-3-7(6)11-10(15)12-8/h1-5H2,(H,13,14)(H,11,12,15). The van der Waals surface area contributed by atoms with Gasteiger partial charge in [-0.2, -0.15) is 4.98 Å². The number of H-pyrrole nitrogens is 1. The molecule has 15 heavy (non-hydrogen) atoms. The van der Waals surface area contributed by atoms with Crippen LogP contribution in [0.1, 0.15) is 29.8 Å². The Morgan fingerprint density at radius 1 is 1.47 bits per heavy atom. The summed E-state index contributed by atoms with van der Waals surface area (Å²) in [5, 5.41) is 8.58. The number of carboxylic acid groups (broad SMARTS) is 1. The van der Waals surface area contributed by atoms with Crippen LogP contribution in [0.15, 0.2) is 4.79 Å². The zero-order valence-corrected chi connectivity index (χ0v) is 8.25. The van der Waals surface area contributed by atoms with Gasteiger partial charge in [0.25, 0.3) is 0 Å². The lowest BCUT2D eigenvalue weighted by Crippen LogP contribution is -2.17. The number of nitrogens with zero attached hydrogens (tertiary/aromatic N) is 1. The maximum Gasteiger partial charge on any atom is 0.345 e. The highest BCUT2D eigenvalue weighted by Crippen LogP contribution is 2.21. The van der Waals surface area contributed by atoms with E-state index in [1.54, 1.807) is 0 Å². The fourth-order valence-corrected chi connectivity index (χ4v) is 1.98. The second-order valence-electron chi connectivity index (χ2n) is 3.69. The van der Waals surface area contributed by atoms with Crippen LogP contribution in [0.4, 0.5) is 0 Å². The van der Waals surface area contributed by atoms with Crippen LogP contribution < -0.4 is 5.69 Å². The van der Waals surface area contributed by atoms with Crippen molar-refractivity contribution < 1.29 is 9.90 Å². The normalized spacial score (nSPS) is 13.9. The van der Waals surface area contributed by atoms with Crippen molar-refractivity contribution in [2.75, 3.05) is 0 Å². The van der Waals surface area contributed by atoms with Gasteiger partial charge in [0.15, 0.2) is 0 Å². The number of hydrogen-bond acceptors (Lipinski definition) is 3. The first-order chi connectivity index (χ1) is 7.16. The summed E-state index contributed by atoms with van der Waals surface area (Å²) in [6.07, 6.45) is 3.16. The summed E-state index contributed by atoms with van der Waals surface area (Å²) in [6.45, 7) is 0. The Labute approximate surface area is 86.2 Å². The predicted octanol–water partition coefficient (Wildman–Crippen LogP) is 0.276. The average Bonchev–Trinajstić information content (AvgIpc) is 2.61. The molecule has 2 rings (SSSR count). The van der Waals surface area contributed by atoms with Crippen LogP contribution in [0, 0.1) is 0 Å². The van der Waals surface area contributed by atoms with E-state index in [0.29, 0.717) is 12.1 Å². The third-order valence-corrected chi connectivity index (χ3v) is 2.64. The number of carboxylic acids is 1. The minimum Gasteiger partial charge on any atom is -0.481 e. The molecule has 1 aliphatic rings. The number of aliphatic carboxylic acids is 1. The van der Waals surface area contributed by atoms with Gasteiger partial charge in [-0.25, -0.2) is 4.79 Å². The Balaban J connectivity index is 2.30. The fraction of sp³-hybridized carbons (Fsp3) is 0.500. The van der Waals surface area contributed by atoms with Crippen LogP contribution >= 0.6 is 0 Å². The molecule has 2 N–H and O–H groups in total. The second-order valence-corrected chi connectivity index (χ2v) is 3.69. The monoisotopic (exact) mass is 208 g/mol. The summed E-state index contributed by atoms with van der Waals surface area (Å²) in [7, 11) is 0. The molecule has 1 aromatic heterocycles. The number of nitrogens with one attached hydrogen (secondary N) is 1. The minimum absolute atomic E-state index is 0.0306. The van der Waals surface area contributed by atoms with Crippen LogP contribution in [0.5, 0.6) is 0 Å². The van der Waals surface area contributed by atoms with Gasteiger partial charge in [-0.15, -0.1) is 0 Å². The lowest BCUT2D eigenvalue weighted by atomic mass is 10.1. The fourth-order valence-electron chi connectivity index (χ4n) is 1.98. The van der Waals surface area contributed by atoms with Crippen LogP contribution in [-0.4, -0.2) is 21.0 Å². The maximum atomic E-state index is 11.2. The molecule has 1 aromatic rings. The molecule has 0 saturated carbocycles. The van der Waals surface area contributed by atoms with E-state index in [0.717, 1.165) is 30.5 Å². The summed E-state index contributed by atoms with van der Waals surface area (Å²) in [4.78, 5) is 28.2. The van der Waals surface area contributed by atoms with Crippen molar-refractivity contribution in [2.24, 2.45) is 0 Å². The van der Waals surface area contributed by atoms with E-state index in [-0.39, 0.29) is 12.1 Å². The number of carbonyl (C=O) groups is 1. The Morgan fingerprint density at radius 2 is 2.27 bits per heavy atom. The van der Waals surface area contributed by atoms with Crippen LogP contribution in [0.25, 0.3) is 0 Å². The Hall–Kier alpha value is -1.65. The molecule has 0 aromatic carbocycles. The van der Waals surface area contributed by atoms with Gasteiger partial charge >= 0.3 is 11.7 Å². The molecule has 0 atom stereocenters. The van der Waals surface area contributed by atoms with Crippen molar-refractivity contribution in [1.29, 1.82) is 0 Å². The van der Waals surface area contributed by atoms with Crippen LogP contribution in [0.3, 0.4) is 0 Å². The zero-order valence-electron chi connectivity index (χ0n) is 8.25. The lowest BCUT2D eigenvalue weighted by molar-refractivity contribution is -0.136. The van der Waals surface area contributed by atoms with Crippen molar-refractivity contribution in [1.82, 2.24) is 9.97 Å². The van der Waals surface area contributed by atoms with Crippen molar-refractivity contribution in [3.05, 3.63) is 27.4 Å². The van der Waals surface area contributed by atoms with E-state index in [1.165, 1.54) is 0 Å². The van der Waals surface area contributed by atoms with Gasteiger partial charge in [0.05, 0.1) is 12.1 Å². The average molecular weight is 208 g/mol. The van der Waals surface area contributed by atoms with Gasteiger partial charge in [0.2, 0.25) is 0 Å². The molecule has 1 aliphatic carbocycles. The highest BCUT2D eigenvalue weighted by atomic mass is 16.4. The molecule has 5 heteroatoms. The summed E-state index contributed by atoms with van der Waals surface area (Å²) >= 11 is 0. The summed E-state index contributed by atoms with van der Waals surface area (Å²) in [5.74, 6) is -0.858. The number of aryl methyl sites for hydroxylation is 2. The molecular formula is C10H12N2O3. The molecule has 1 heterocycles. The summed E-state index contributed by atoms with van der Waals surface area (Å²) < 4.78 is 0. The molecule has 0 bridgehead atoms. The summed E-state index contributed by atoms with van der Waals surface area (Å²) in [6, 6.07) is 0. The smallest absolute Gasteiger partial charge is 0.345 e. The van der Waals surface area contributed by atoms with Gasteiger partial charge in [0, 0.05) is 12.1 Å². The molecule has 0 radical (unpaired) electrons. The number of fused-ring (bicyclic) bond motifs is 1. The molecular weight excluding hydrogens is 196 g/mol. The van der Waals surface area contributed by atoms with E-state index < -0.39 is 5.97 Å². The summed E-state index contributed by atoms with van der Waals surface area (Å²) in [5.41, 5.74) is 2.29. The molecule has 0 unspecified atom stereocenters. The third-order valence-electron chi connectivity index (χ3n) is 2.64. The van der Waals surface area contributed by atoms with E-state index in [4.69, 9.17) is 5.11 Å². The first-order valence-corrected chi connectivity index (χ1v) is 4.99. The van der Waals surface area contributed by atoms with E-state index in [9.17, 15) is 9.59 Å². The van der Waals surface area contributed by atoms with Crippen molar-refractivity contribution in [2.45, 2.75) is 32.1 Å². The number of rotatable bonds is 3. The minimum atomic E-state index is -0.858. The second kappa shape index (κ2) is 3.84. The zero-order chi connectivity index (χ0) is 10.8. The van der Waals surface area contributed by atoms with E-state index in [1.807, 2.05) is 0 Å². The first kappa shape index (κ1) is 9.89. The highest BCUT2D eigenvalue weighted by Gasteiger charge is 2.17. The van der Waals surface area contributed by atoms with Crippen LogP contribution in [0.2, 0.25) is 0 Å². The predicted molar refractivity (Wildman–Crippen MR) is 52.8 cm³/mol. The van der Waals surface area contributed by atoms with Gasteiger partial charge in [0.1, 0.15) is 0 Å². The maximum absolute atomic E-state index is 11.2. The van der Waals surface area contributed by atoms with Gasteiger partial charge in [-0.1, -0.05) is 0 Å². The van der Waals surface area contributed by atoms with Gasteiger partial charge < -0.3 is 10.1 Å². The lowest BCUT2D eigenvalue weighted by Gasteiger charge is -2.04. The Kier molecular flexibility index (Phi) is 2.53. The van der Waals surface area contributed by atoms with Crippen molar-refractivity contribution in [3.63, 3.8) is 0 Å². The van der Waals surface area contributed by atoms with Crippen molar-refractivity contribution in [3.8, 4) is 0 Å². The highest BCUT2D eigenvalue weighted by molar-refractivity contribution is 5.67. The topological polar surface area (TPSA) is 83.0 Å². The number of aromatic nitrogens is 2. The molecule has 5 nitrogen and oxygen atoms in total. The molecule has 0 fully saturated rings. The number of aromatic amines is 1. The van der Waals surface area contributed by atoms with Gasteiger partial charge in [-0.05, 0) is 24.8 Å². The van der Waals surface area contributed by atoms with E-state index >= 15 is 0 Å². The Morgan fingerprint density at radius 3 is 3.00 bits per heavy atom.